The van der Waals surface area contributed by atoms with E-state index in [9.17, 15) is 10.5 Å². The van der Waals surface area contributed by atoms with Crippen LogP contribution in [0.5, 0.6) is 11.5 Å². The topological polar surface area (TPSA) is 66.0 Å². The van der Waals surface area contributed by atoms with Crippen molar-refractivity contribution >= 4 is 22.7 Å². The highest BCUT2D eigenvalue weighted by Crippen LogP contribution is 2.51. The Morgan fingerprint density at radius 3 is 1.50 bits per heavy atom. The van der Waals surface area contributed by atoms with E-state index in [4.69, 9.17) is 9.47 Å². The van der Waals surface area contributed by atoms with Crippen LogP contribution in [-0.4, -0.2) is 13.2 Å². The smallest absolute Gasteiger partial charge is 0.147 e. The van der Waals surface area contributed by atoms with E-state index in [1.54, 1.807) is 22.7 Å². The molecule has 0 saturated carbocycles. The first-order valence-corrected chi connectivity index (χ1v) is 11.9. The van der Waals surface area contributed by atoms with Gasteiger partial charge in [-0.15, -0.1) is 22.7 Å². The highest BCUT2D eigenvalue weighted by molar-refractivity contribution is 7.14. The molecule has 3 aromatic rings. The van der Waals surface area contributed by atoms with Gasteiger partial charge in [-0.3, -0.25) is 0 Å². The summed E-state index contributed by atoms with van der Waals surface area (Å²) < 4.78 is 12.3. The van der Waals surface area contributed by atoms with Gasteiger partial charge < -0.3 is 9.47 Å². The van der Waals surface area contributed by atoms with E-state index in [2.05, 4.69) is 26.0 Å². The van der Waals surface area contributed by atoms with E-state index in [1.807, 2.05) is 35.0 Å². The second kappa shape index (κ2) is 10.8. The standard InChI is InChI=1S/C24H24N2O2S2/c1-3-5-11-27-23-17(15-25)18(16-26)24(28-12-6-4-2)22(20-10-8-14-30-20)21(23)19-9-7-13-29-19/h7-10,13-14H,3-6,11-12H2,1-2H3. The van der Waals surface area contributed by atoms with Crippen molar-refractivity contribution in [3.63, 3.8) is 0 Å². The Morgan fingerprint density at radius 1 is 0.767 bits per heavy atom. The number of ether oxygens (including phenoxy) is 2. The molecule has 0 aliphatic rings. The molecule has 0 atom stereocenters. The van der Waals surface area contributed by atoms with Gasteiger partial charge in [-0.25, -0.2) is 0 Å². The number of nitriles is 2. The van der Waals surface area contributed by atoms with Crippen molar-refractivity contribution in [2.24, 2.45) is 0 Å². The molecular formula is C24H24N2O2S2. The molecule has 0 radical (unpaired) electrons. The molecule has 0 bridgehead atoms. The first-order chi connectivity index (χ1) is 14.8. The fourth-order valence-electron chi connectivity index (χ4n) is 3.16. The largest absolute Gasteiger partial charge is 0.491 e. The van der Waals surface area contributed by atoms with Gasteiger partial charge in [0.2, 0.25) is 0 Å². The molecule has 0 aliphatic heterocycles. The first-order valence-electron chi connectivity index (χ1n) is 10.1. The maximum Gasteiger partial charge on any atom is 0.147 e. The van der Waals surface area contributed by atoms with Crippen LogP contribution in [0.15, 0.2) is 35.0 Å². The molecule has 0 fully saturated rings. The fourth-order valence-corrected chi connectivity index (χ4v) is 4.70. The van der Waals surface area contributed by atoms with Gasteiger partial charge in [-0.2, -0.15) is 10.5 Å². The van der Waals surface area contributed by atoms with Gasteiger partial charge in [0.1, 0.15) is 34.8 Å². The Bertz CT molecular complexity index is 958. The molecule has 0 aliphatic carbocycles. The van der Waals surface area contributed by atoms with Gasteiger partial charge in [0.25, 0.3) is 0 Å². The van der Waals surface area contributed by atoms with Crippen LogP contribution in [0.1, 0.15) is 50.7 Å². The zero-order chi connectivity index (χ0) is 21.3. The van der Waals surface area contributed by atoms with Gasteiger partial charge in [-0.1, -0.05) is 38.8 Å². The van der Waals surface area contributed by atoms with E-state index >= 15 is 0 Å². The van der Waals surface area contributed by atoms with Crippen molar-refractivity contribution in [2.45, 2.75) is 39.5 Å². The second-order valence-corrected chi connectivity index (χ2v) is 8.64. The summed E-state index contributed by atoms with van der Waals surface area (Å²) in [6, 6.07) is 12.5. The molecule has 30 heavy (non-hydrogen) atoms. The van der Waals surface area contributed by atoms with Gasteiger partial charge in [0, 0.05) is 20.9 Å². The average molecular weight is 437 g/mol. The number of hydrogen-bond donors (Lipinski definition) is 0. The van der Waals surface area contributed by atoms with Crippen LogP contribution in [0.3, 0.4) is 0 Å². The molecule has 0 amide bonds. The minimum Gasteiger partial charge on any atom is -0.491 e. The van der Waals surface area contributed by atoms with Crippen molar-refractivity contribution in [2.75, 3.05) is 13.2 Å². The molecule has 2 heterocycles. The normalized spacial score (nSPS) is 10.4. The third-order valence-electron chi connectivity index (χ3n) is 4.66. The lowest BCUT2D eigenvalue weighted by molar-refractivity contribution is 0.301. The minimum absolute atomic E-state index is 0.254. The molecule has 154 valence electrons. The maximum absolute atomic E-state index is 10.00. The molecule has 3 rings (SSSR count). The lowest BCUT2D eigenvalue weighted by atomic mass is 9.94. The van der Waals surface area contributed by atoms with E-state index < -0.39 is 0 Å². The molecule has 0 N–H and O–H groups in total. The third-order valence-corrected chi connectivity index (χ3v) is 6.43. The molecule has 0 unspecified atom stereocenters. The van der Waals surface area contributed by atoms with Crippen molar-refractivity contribution in [3.05, 3.63) is 46.2 Å². The summed E-state index contributed by atoms with van der Waals surface area (Å²) in [7, 11) is 0. The number of nitrogens with zero attached hydrogens (tertiary/aromatic N) is 2. The van der Waals surface area contributed by atoms with Gasteiger partial charge in [0.05, 0.1) is 13.2 Å². The number of rotatable bonds is 10. The Labute approximate surface area is 185 Å². The summed E-state index contributed by atoms with van der Waals surface area (Å²) in [5.41, 5.74) is 2.18. The summed E-state index contributed by atoms with van der Waals surface area (Å²) in [6.45, 7) is 5.18. The van der Waals surface area contributed by atoms with Crippen LogP contribution in [0.2, 0.25) is 0 Å². The zero-order valence-electron chi connectivity index (χ0n) is 17.2. The van der Waals surface area contributed by atoms with Crippen LogP contribution >= 0.6 is 22.7 Å². The minimum atomic E-state index is 0.254. The Morgan fingerprint density at radius 2 is 1.20 bits per heavy atom. The first kappa shape index (κ1) is 21.9. The number of hydrogen-bond acceptors (Lipinski definition) is 6. The summed E-state index contributed by atoms with van der Waals surface area (Å²) in [5, 5.41) is 24.0. The quantitative estimate of drug-likeness (QED) is 0.314. The van der Waals surface area contributed by atoms with E-state index in [0.29, 0.717) is 24.7 Å². The lowest BCUT2D eigenvalue weighted by Gasteiger charge is -2.21. The predicted molar refractivity (Wildman–Crippen MR) is 123 cm³/mol. The van der Waals surface area contributed by atoms with Crippen molar-refractivity contribution in [3.8, 4) is 44.5 Å². The van der Waals surface area contributed by atoms with Gasteiger partial charge in [-0.05, 0) is 35.7 Å². The second-order valence-electron chi connectivity index (χ2n) is 6.74. The number of unbranched alkanes of at least 4 members (excludes halogenated alkanes) is 2. The lowest BCUT2D eigenvalue weighted by Crippen LogP contribution is -2.07. The molecule has 0 saturated heterocycles. The number of thiophene rings is 2. The summed E-state index contributed by atoms with van der Waals surface area (Å²) in [5.74, 6) is 0.965. The Balaban J connectivity index is 2.36. The highest BCUT2D eigenvalue weighted by Gasteiger charge is 2.29. The molecule has 4 nitrogen and oxygen atoms in total. The molecule has 1 aromatic carbocycles. The Hall–Kier alpha value is -2.80. The van der Waals surface area contributed by atoms with E-state index in [0.717, 1.165) is 46.6 Å². The van der Waals surface area contributed by atoms with Crippen molar-refractivity contribution in [1.82, 2.24) is 0 Å². The number of benzene rings is 1. The molecule has 0 spiro atoms. The van der Waals surface area contributed by atoms with Gasteiger partial charge >= 0.3 is 0 Å². The van der Waals surface area contributed by atoms with Crippen LogP contribution < -0.4 is 9.47 Å². The maximum atomic E-state index is 10.00. The summed E-state index contributed by atoms with van der Waals surface area (Å²) in [6.07, 6.45) is 3.72. The van der Waals surface area contributed by atoms with E-state index in [-0.39, 0.29) is 11.1 Å². The fraction of sp³-hybridized carbons (Fsp3) is 0.333. The summed E-state index contributed by atoms with van der Waals surface area (Å²) in [4.78, 5) is 1.98. The third kappa shape index (κ3) is 4.51. The molecule has 6 heteroatoms. The summed E-state index contributed by atoms with van der Waals surface area (Å²) >= 11 is 3.17. The van der Waals surface area contributed by atoms with Crippen LogP contribution in [0.25, 0.3) is 20.9 Å². The monoisotopic (exact) mass is 436 g/mol. The molecular weight excluding hydrogens is 412 g/mol. The predicted octanol–water partition coefficient (Wildman–Crippen LogP) is 7.24. The van der Waals surface area contributed by atoms with Gasteiger partial charge in [0.15, 0.2) is 0 Å². The van der Waals surface area contributed by atoms with Crippen LogP contribution in [-0.2, 0) is 0 Å². The zero-order valence-corrected chi connectivity index (χ0v) is 18.9. The van der Waals surface area contributed by atoms with Crippen molar-refractivity contribution < 1.29 is 9.47 Å². The Kier molecular flexibility index (Phi) is 7.90. The van der Waals surface area contributed by atoms with Crippen molar-refractivity contribution in [1.29, 1.82) is 10.5 Å². The van der Waals surface area contributed by atoms with E-state index in [1.165, 1.54) is 0 Å². The SMILES string of the molecule is CCCCOc1c(C#N)c(C#N)c(OCCCC)c(-c2cccs2)c1-c1cccs1. The highest BCUT2D eigenvalue weighted by atomic mass is 32.1. The average Bonchev–Trinajstić information content (AvgIpc) is 3.47. The molecule has 2 aromatic heterocycles. The van der Waals surface area contributed by atoms with Crippen LogP contribution in [0, 0.1) is 22.7 Å². The van der Waals surface area contributed by atoms with Crippen LogP contribution in [0.4, 0.5) is 0 Å².